The molecule has 19 heavy (non-hydrogen) atoms. The smallest absolute Gasteiger partial charge is 0.326 e. The fraction of sp³-hybridized carbons (Fsp3) is 0.250. The van der Waals surface area contributed by atoms with Crippen LogP contribution in [0.5, 0.6) is 0 Å². The zero-order valence-corrected chi connectivity index (χ0v) is 10.00. The predicted octanol–water partition coefficient (Wildman–Crippen LogP) is -0.649. The van der Waals surface area contributed by atoms with Crippen molar-refractivity contribution >= 4 is 17.8 Å². The van der Waals surface area contributed by atoms with Crippen LogP contribution in [-0.4, -0.2) is 40.6 Å². The Kier molecular flexibility index (Phi) is 5.01. The van der Waals surface area contributed by atoms with Gasteiger partial charge in [0, 0.05) is 24.2 Å². The van der Waals surface area contributed by atoms with E-state index in [0.29, 0.717) is 0 Å². The Bertz CT molecular complexity index is 483. The maximum atomic E-state index is 11.7. The summed E-state index contributed by atoms with van der Waals surface area (Å²) in [4.78, 5) is 33.4. The molecule has 0 aliphatic carbocycles. The van der Waals surface area contributed by atoms with Crippen LogP contribution in [0.25, 0.3) is 0 Å². The van der Waals surface area contributed by atoms with Crippen LogP contribution in [0.3, 0.4) is 0 Å². The van der Waals surface area contributed by atoms with Gasteiger partial charge in [-0.15, -0.1) is 0 Å². The van der Waals surface area contributed by atoms with Crippen molar-refractivity contribution in [3.63, 3.8) is 0 Å². The van der Waals surface area contributed by atoms with Gasteiger partial charge in [0.25, 0.3) is 5.91 Å². The number of nitrogens with two attached hydrogens (primary N) is 1. The van der Waals surface area contributed by atoms with Crippen LogP contribution in [0.1, 0.15) is 27.1 Å². The molecule has 0 aliphatic heterocycles. The molecule has 0 bridgehead atoms. The number of carboxylic acid groups (broad SMARTS) is 1. The lowest BCUT2D eigenvalue weighted by Gasteiger charge is -2.13. The summed E-state index contributed by atoms with van der Waals surface area (Å²) in [5.41, 5.74) is 5.51. The number of carboxylic acids is 1. The second-order valence-corrected chi connectivity index (χ2v) is 3.82. The molecular formula is C12H14N2O5. The van der Waals surface area contributed by atoms with Crippen LogP contribution in [0.15, 0.2) is 24.3 Å². The van der Waals surface area contributed by atoms with Gasteiger partial charge in [0.2, 0.25) is 5.91 Å². The number of carbonyl (C=O) groups excluding carboxylic acids is 2. The van der Waals surface area contributed by atoms with Gasteiger partial charge in [0.05, 0.1) is 0 Å². The minimum absolute atomic E-state index is 0.0829. The molecule has 0 aromatic heterocycles. The number of hydrogen-bond acceptors (Lipinski definition) is 4. The quantitative estimate of drug-likeness (QED) is 0.543. The molecule has 0 spiro atoms. The predicted molar refractivity (Wildman–Crippen MR) is 65.6 cm³/mol. The van der Waals surface area contributed by atoms with E-state index >= 15 is 0 Å². The highest BCUT2D eigenvalue weighted by atomic mass is 16.4. The standard InChI is InChI=1S/C12H14N2O5/c13-10(16)7-1-3-8(4-2-7)11(17)14-9(5-6-15)12(18)19/h1-4,9,15H,5-6H2,(H2,13,16)(H,14,17)(H,18,19). The van der Waals surface area contributed by atoms with Crippen molar-refractivity contribution in [1.82, 2.24) is 5.32 Å². The summed E-state index contributed by atoms with van der Waals surface area (Å²) in [7, 11) is 0. The highest BCUT2D eigenvalue weighted by molar-refractivity contribution is 5.98. The van der Waals surface area contributed by atoms with Gasteiger partial charge < -0.3 is 21.3 Å². The lowest BCUT2D eigenvalue weighted by Crippen LogP contribution is -2.41. The van der Waals surface area contributed by atoms with Gasteiger partial charge in [0.15, 0.2) is 0 Å². The lowest BCUT2D eigenvalue weighted by atomic mass is 10.1. The van der Waals surface area contributed by atoms with E-state index in [2.05, 4.69) is 5.32 Å². The number of nitrogens with one attached hydrogen (secondary N) is 1. The Hall–Kier alpha value is -2.41. The van der Waals surface area contributed by atoms with Crippen LogP contribution in [0.4, 0.5) is 0 Å². The highest BCUT2D eigenvalue weighted by Gasteiger charge is 2.19. The van der Waals surface area contributed by atoms with Crippen molar-refractivity contribution in [2.45, 2.75) is 12.5 Å². The molecule has 7 heteroatoms. The van der Waals surface area contributed by atoms with Crippen LogP contribution in [0, 0.1) is 0 Å². The summed E-state index contributed by atoms with van der Waals surface area (Å²) in [5, 5.41) is 19.8. The maximum absolute atomic E-state index is 11.7. The summed E-state index contributed by atoms with van der Waals surface area (Å²) in [6.07, 6.45) is -0.0829. The summed E-state index contributed by atoms with van der Waals surface area (Å²) in [6.45, 7) is -0.349. The Morgan fingerprint density at radius 2 is 1.68 bits per heavy atom. The topological polar surface area (TPSA) is 130 Å². The molecule has 102 valence electrons. The van der Waals surface area contributed by atoms with Crippen LogP contribution < -0.4 is 11.1 Å². The molecule has 1 atom stereocenters. The van der Waals surface area contributed by atoms with Crippen molar-refractivity contribution in [1.29, 1.82) is 0 Å². The van der Waals surface area contributed by atoms with Gasteiger partial charge in [0.1, 0.15) is 6.04 Å². The number of primary amides is 1. The average Bonchev–Trinajstić information content (AvgIpc) is 2.38. The number of hydrogen-bond donors (Lipinski definition) is 4. The van der Waals surface area contributed by atoms with Crippen molar-refractivity contribution in [2.24, 2.45) is 5.73 Å². The molecule has 0 saturated carbocycles. The van der Waals surface area contributed by atoms with Gasteiger partial charge in [-0.1, -0.05) is 0 Å². The summed E-state index contributed by atoms with van der Waals surface area (Å²) < 4.78 is 0. The van der Waals surface area contributed by atoms with E-state index in [1.54, 1.807) is 0 Å². The molecule has 0 radical (unpaired) electrons. The Balaban J connectivity index is 2.76. The third kappa shape index (κ3) is 4.07. The zero-order chi connectivity index (χ0) is 14.4. The third-order valence-electron chi connectivity index (χ3n) is 2.45. The number of benzene rings is 1. The fourth-order valence-corrected chi connectivity index (χ4v) is 1.41. The second kappa shape index (κ2) is 6.50. The van der Waals surface area contributed by atoms with Gasteiger partial charge in [-0.2, -0.15) is 0 Å². The Morgan fingerprint density at radius 1 is 1.16 bits per heavy atom. The van der Waals surface area contributed by atoms with Gasteiger partial charge in [-0.3, -0.25) is 9.59 Å². The average molecular weight is 266 g/mol. The molecule has 1 aromatic rings. The molecule has 0 heterocycles. The third-order valence-corrected chi connectivity index (χ3v) is 2.45. The number of aliphatic carboxylic acids is 1. The van der Waals surface area contributed by atoms with Gasteiger partial charge >= 0.3 is 5.97 Å². The summed E-state index contributed by atoms with van der Waals surface area (Å²) in [6, 6.07) is 4.33. The van der Waals surface area contributed by atoms with E-state index in [9.17, 15) is 14.4 Å². The minimum Gasteiger partial charge on any atom is -0.480 e. The van der Waals surface area contributed by atoms with Crippen LogP contribution in [-0.2, 0) is 4.79 Å². The molecule has 7 nitrogen and oxygen atoms in total. The summed E-state index contributed by atoms with van der Waals surface area (Å²) in [5.74, 6) is -2.44. The number of aliphatic hydroxyl groups excluding tert-OH is 1. The Labute approximate surface area is 109 Å². The monoisotopic (exact) mass is 266 g/mol. The van der Waals surface area contributed by atoms with E-state index in [1.807, 2.05) is 0 Å². The highest BCUT2D eigenvalue weighted by Crippen LogP contribution is 2.05. The first kappa shape index (κ1) is 14.7. The first-order chi connectivity index (χ1) is 8.95. The SMILES string of the molecule is NC(=O)c1ccc(C(=O)NC(CCO)C(=O)O)cc1. The molecule has 1 aromatic carbocycles. The van der Waals surface area contributed by atoms with Gasteiger partial charge in [-0.05, 0) is 24.3 Å². The molecule has 0 fully saturated rings. The van der Waals surface area contributed by atoms with E-state index in [1.165, 1.54) is 24.3 Å². The molecule has 5 N–H and O–H groups in total. The number of aliphatic hydroxyl groups is 1. The van der Waals surface area contributed by atoms with Crippen molar-refractivity contribution in [3.8, 4) is 0 Å². The summed E-state index contributed by atoms with van der Waals surface area (Å²) >= 11 is 0. The van der Waals surface area contributed by atoms with Crippen molar-refractivity contribution < 1.29 is 24.6 Å². The normalized spacial score (nSPS) is 11.6. The largest absolute Gasteiger partial charge is 0.480 e. The van der Waals surface area contributed by atoms with E-state index in [-0.39, 0.29) is 24.2 Å². The van der Waals surface area contributed by atoms with E-state index in [4.69, 9.17) is 15.9 Å². The van der Waals surface area contributed by atoms with Gasteiger partial charge in [-0.25, -0.2) is 4.79 Å². The van der Waals surface area contributed by atoms with Crippen LogP contribution >= 0.6 is 0 Å². The molecule has 2 amide bonds. The maximum Gasteiger partial charge on any atom is 0.326 e. The number of carbonyl (C=O) groups is 3. The molecule has 1 unspecified atom stereocenters. The number of amides is 2. The minimum atomic E-state index is -1.23. The second-order valence-electron chi connectivity index (χ2n) is 3.82. The van der Waals surface area contributed by atoms with Crippen molar-refractivity contribution in [3.05, 3.63) is 35.4 Å². The molecule has 0 aliphatic rings. The molecular weight excluding hydrogens is 252 g/mol. The van der Waals surface area contributed by atoms with E-state index < -0.39 is 23.8 Å². The van der Waals surface area contributed by atoms with Crippen LogP contribution in [0.2, 0.25) is 0 Å². The fourth-order valence-electron chi connectivity index (χ4n) is 1.41. The molecule has 0 saturated heterocycles. The Morgan fingerprint density at radius 3 is 2.11 bits per heavy atom. The van der Waals surface area contributed by atoms with E-state index in [0.717, 1.165) is 0 Å². The molecule has 1 rings (SSSR count). The first-order valence-electron chi connectivity index (χ1n) is 5.50. The number of rotatable bonds is 6. The first-order valence-corrected chi connectivity index (χ1v) is 5.50. The van der Waals surface area contributed by atoms with Crippen molar-refractivity contribution in [2.75, 3.05) is 6.61 Å². The zero-order valence-electron chi connectivity index (χ0n) is 10.00. The lowest BCUT2D eigenvalue weighted by molar-refractivity contribution is -0.139.